The molecule has 1 aliphatic heterocycles. The van der Waals surface area contributed by atoms with E-state index in [-0.39, 0.29) is 12.5 Å². The van der Waals surface area contributed by atoms with E-state index < -0.39 is 12.0 Å². The van der Waals surface area contributed by atoms with Gasteiger partial charge in [0.25, 0.3) is 0 Å². The molecule has 31 heavy (non-hydrogen) atoms. The predicted octanol–water partition coefficient (Wildman–Crippen LogP) is 3.69. The quantitative estimate of drug-likeness (QED) is 0.607. The average Bonchev–Trinajstić information content (AvgIpc) is 2.78. The van der Waals surface area contributed by atoms with E-state index in [9.17, 15) is 14.7 Å². The minimum Gasteiger partial charge on any atom is -0.487 e. The number of benzene rings is 2. The van der Waals surface area contributed by atoms with Crippen molar-refractivity contribution in [1.29, 1.82) is 0 Å². The van der Waals surface area contributed by atoms with Gasteiger partial charge >= 0.3 is 5.97 Å². The summed E-state index contributed by atoms with van der Waals surface area (Å²) in [5.41, 5.74) is 2.41. The lowest BCUT2D eigenvalue weighted by Crippen LogP contribution is -2.47. The van der Waals surface area contributed by atoms with Crippen LogP contribution in [0.1, 0.15) is 25.0 Å². The molecule has 0 bridgehead atoms. The molecule has 1 aromatic heterocycles. The van der Waals surface area contributed by atoms with Crippen molar-refractivity contribution < 1.29 is 19.4 Å². The van der Waals surface area contributed by atoms with Gasteiger partial charge in [-0.1, -0.05) is 30.7 Å². The molecule has 1 atom stereocenters. The van der Waals surface area contributed by atoms with E-state index in [0.29, 0.717) is 31.0 Å². The molecule has 1 saturated heterocycles. The smallest absolute Gasteiger partial charge is 0.320 e. The number of anilines is 1. The minimum absolute atomic E-state index is 0.0723. The maximum absolute atomic E-state index is 12.4. The third-order valence-electron chi connectivity index (χ3n) is 5.43. The molecule has 2 aromatic carbocycles. The Bertz CT molecular complexity index is 1070. The normalized spacial score (nSPS) is 16.7. The lowest BCUT2D eigenvalue weighted by atomic mass is 10.0. The van der Waals surface area contributed by atoms with Crippen LogP contribution < -0.4 is 10.1 Å². The third kappa shape index (κ3) is 5.38. The molecule has 1 amide bonds. The number of pyridine rings is 1. The summed E-state index contributed by atoms with van der Waals surface area (Å²) < 4.78 is 5.81. The number of nitrogens with zero attached hydrogens (tertiary/aromatic N) is 2. The second-order valence-corrected chi connectivity index (χ2v) is 7.68. The Morgan fingerprint density at radius 2 is 1.87 bits per heavy atom. The highest BCUT2D eigenvalue weighted by molar-refractivity contribution is 5.92. The number of hydrogen-bond donors (Lipinski definition) is 2. The number of ether oxygens (including phenoxy) is 1. The summed E-state index contributed by atoms with van der Waals surface area (Å²) in [6, 6.07) is 18.4. The second kappa shape index (κ2) is 9.57. The van der Waals surface area contributed by atoms with Gasteiger partial charge in [0, 0.05) is 11.1 Å². The average molecular weight is 419 g/mol. The van der Waals surface area contributed by atoms with E-state index in [4.69, 9.17) is 4.74 Å². The molecular formula is C24H25N3O4. The number of likely N-dealkylation sites (tertiary alicyclic amines) is 1. The number of aromatic nitrogens is 1. The first-order chi connectivity index (χ1) is 15.1. The zero-order valence-corrected chi connectivity index (χ0v) is 17.2. The lowest BCUT2D eigenvalue weighted by Gasteiger charge is -2.32. The summed E-state index contributed by atoms with van der Waals surface area (Å²) in [5, 5.41) is 13.3. The van der Waals surface area contributed by atoms with E-state index >= 15 is 0 Å². The zero-order valence-electron chi connectivity index (χ0n) is 17.2. The first-order valence-electron chi connectivity index (χ1n) is 10.4. The minimum atomic E-state index is -0.866. The van der Waals surface area contributed by atoms with Gasteiger partial charge in [0.15, 0.2) is 0 Å². The van der Waals surface area contributed by atoms with Gasteiger partial charge in [-0.2, -0.15) is 0 Å². The standard InChI is InChI=1S/C24H25N3O4/c28-23(15-27-14-4-3-7-22(27)24(29)30)26-18-10-12-20(13-11-18)31-16-19-9-8-17-5-1-2-6-21(17)25-19/h1-2,5-6,8-13,22H,3-4,7,14-16H2,(H,26,28)(H,29,30). The van der Waals surface area contributed by atoms with Crippen molar-refractivity contribution in [3.05, 3.63) is 66.4 Å². The van der Waals surface area contributed by atoms with Gasteiger partial charge in [-0.3, -0.25) is 14.5 Å². The number of carbonyl (C=O) groups is 2. The molecule has 0 saturated carbocycles. The number of carboxylic acids is 1. The van der Waals surface area contributed by atoms with E-state index in [1.54, 1.807) is 29.2 Å². The van der Waals surface area contributed by atoms with Crippen molar-refractivity contribution in [2.45, 2.75) is 31.9 Å². The first-order valence-corrected chi connectivity index (χ1v) is 10.4. The molecule has 4 rings (SSSR count). The van der Waals surface area contributed by atoms with Gasteiger partial charge in [0.1, 0.15) is 18.4 Å². The Balaban J connectivity index is 1.30. The zero-order chi connectivity index (χ0) is 21.6. The molecule has 2 heterocycles. The van der Waals surface area contributed by atoms with Crippen molar-refractivity contribution in [3.63, 3.8) is 0 Å². The number of para-hydroxylation sites is 1. The highest BCUT2D eigenvalue weighted by atomic mass is 16.5. The summed E-state index contributed by atoms with van der Waals surface area (Å²) in [6.07, 6.45) is 2.38. The van der Waals surface area contributed by atoms with Crippen LogP contribution >= 0.6 is 0 Å². The lowest BCUT2D eigenvalue weighted by molar-refractivity contribution is -0.145. The Morgan fingerprint density at radius 3 is 2.68 bits per heavy atom. The highest BCUT2D eigenvalue weighted by Gasteiger charge is 2.29. The molecular weight excluding hydrogens is 394 g/mol. The monoisotopic (exact) mass is 419 g/mol. The van der Waals surface area contributed by atoms with Crippen LogP contribution in [0.15, 0.2) is 60.7 Å². The number of piperidine rings is 1. The summed E-state index contributed by atoms with van der Waals surface area (Å²) in [5.74, 6) is -0.410. The summed E-state index contributed by atoms with van der Waals surface area (Å²) in [7, 11) is 0. The third-order valence-corrected chi connectivity index (χ3v) is 5.43. The molecule has 3 aromatic rings. The van der Waals surface area contributed by atoms with Crippen molar-refractivity contribution in [1.82, 2.24) is 9.88 Å². The molecule has 1 unspecified atom stereocenters. The Labute approximate surface area is 180 Å². The number of aliphatic carboxylic acids is 1. The maximum Gasteiger partial charge on any atom is 0.320 e. The number of rotatable bonds is 7. The summed E-state index contributed by atoms with van der Waals surface area (Å²) >= 11 is 0. The van der Waals surface area contributed by atoms with Crippen molar-refractivity contribution in [2.75, 3.05) is 18.4 Å². The van der Waals surface area contributed by atoms with Crippen molar-refractivity contribution in [3.8, 4) is 5.75 Å². The fraction of sp³-hybridized carbons (Fsp3) is 0.292. The Kier molecular flexibility index (Phi) is 6.43. The molecule has 160 valence electrons. The van der Waals surface area contributed by atoms with Gasteiger partial charge in [-0.05, 0) is 55.8 Å². The molecule has 2 N–H and O–H groups in total. The number of carboxylic acid groups (broad SMARTS) is 1. The van der Waals surface area contributed by atoms with Gasteiger partial charge in [0.2, 0.25) is 5.91 Å². The van der Waals surface area contributed by atoms with E-state index in [1.165, 1.54) is 0 Å². The number of nitrogens with one attached hydrogen (secondary N) is 1. The van der Waals surface area contributed by atoms with Crippen LogP contribution in [0.5, 0.6) is 5.75 Å². The van der Waals surface area contributed by atoms with Crippen LogP contribution in [-0.4, -0.2) is 46.0 Å². The summed E-state index contributed by atoms with van der Waals surface area (Å²) in [6.45, 7) is 1.05. The van der Waals surface area contributed by atoms with Gasteiger partial charge in [-0.15, -0.1) is 0 Å². The molecule has 0 aliphatic carbocycles. The van der Waals surface area contributed by atoms with Crippen LogP contribution in [0.3, 0.4) is 0 Å². The largest absolute Gasteiger partial charge is 0.487 e. The first kappa shape index (κ1) is 20.8. The number of hydrogen-bond acceptors (Lipinski definition) is 5. The molecule has 7 nitrogen and oxygen atoms in total. The highest BCUT2D eigenvalue weighted by Crippen LogP contribution is 2.20. The van der Waals surface area contributed by atoms with Crippen LogP contribution in [0.4, 0.5) is 5.69 Å². The Hall–Kier alpha value is -3.45. The van der Waals surface area contributed by atoms with E-state index in [0.717, 1.165) is 29.4 Å². The van der Waals surface area contributed by atoms with Crippen molar-refractivity contribution in [2.24, 2.45) is 0 Å². The summed E-state index contributed by atoms with van der Waals surface area (Å²) in [4.78, 5) is 30.1. The number of fused-ring (bicyclic) bond motifs is 1. The SMILES string of the molecule is O=C(CN1CCCCC1C(=O)O)Nc1ccc(OCc2ccc3ccccc3n2)cc1. The van der Waals surface area contributed by atoms with Crippen LogP contribution in [0.25, 0.3) is 10.9 Å². The number of amides is 1. The number of carbonyl (C=O) groups excluding carboxylic acids is 1. The van der Waals surface area contributed by atoms with Crippen LogP contribution in [0.2, 0.25) is 0 Å². The van der Waals surface area contributed by atoms with Crippen LogP contribution in [0, 0.1) is 0 Å². The second-order valence-electron chi connectivity index (χ2n) is 7.68. The molecule has 7 heteroatoms. The fourth-order valence-electron chi connectivity index (χ4n) is 3.83. The fourth-order valence-corrected chi connectivity index (χ4v) is 3.83. The van der Waals surface area contributed by atoms with E-state index in [1.807, 2.05) is 36.4 Å². The van der Waals surface area contributed by atoms with E-state index in [2.05, 4.69) is 10.3 Å². The van der Waals surface area contributed by atoms with Gasteiger partial charge in [0.05, 0.1) is 17.8 Å². The molecule has 0 spiro atoms. The predicted molar refractivity (Wildman–Crippen MR) is 118 cm³/mol. The van der Waals surface area contributed by atoms with Crippen molar-refractivity contribution >= 4 is 28.5 Å². The molecule has 1 fully saturated rings. The van der Waals surface area contributed by atoms with Crippen LogP contribution in [-0.2, 0) is 16.2 Å². The maximum atomic E-state index is 12.4. The Morgan fingerprint density at radius 1 is 1.06 bits per heavy atom. The van der Waals surface area contributed by atoms with Gasteiger partial charge < -0.3 is 15.2 Å². The van der Waals surface area contributed by atoms with Gasteiger partial charge in [-0.25, -0.2) is 4.98 Å². The molecule has 1 aliphatic rings. The topological polar surface area (TPSA) is 91.8 Å². The molecule has 0 radical (unpaired) electrons.